The normalized spacial score (nSPS) is 12.8. The van der Waals surface area contributed by atoms with Crippen LogP contribution in [0.2, 0.25) is 0 Å². The summed E-state index contributed by atoms with van der Waals surface area (Å²) in [6, 6.07) is 3.70. The zero-order valence-electron chi connectivity index (χ0n) is 12.6. The van der Waals surface area contributed by atoms with E-state index >= 15 is 0 Å². The molecule has 0 aliphatic heterocycles. The Morgan fingerprint density at radius 2 is 1.95 bits per heavy atom. The molecule has 0 bridgehead atoms. The lowest BCUT2D eigenvalue weighted by Gasteiger charge is -2.24. The van der Waals surface area contributed by atoms with Gasteiger partial charge in [-0.05, 0) is 30.0 Å². The maximum Gasteiger partial charge on any atom is 0.251 e. The average Bonchev–Trinajstić information content (AvgIpc) is 2.36. The molecule has 0 radical (unpaired) electrons. The zero-order valence-corrected chi connectivity index (χ0v) is 12.6. The third-order valence-corrected chi connectivity index (χ3v) is 3.01. The van der Waals surface area contributed by atoms with Crippen LogP contribution in [0.3, 0.4) is 0 Å². The number of halogens is 1. The fourth-order valence-electron chi connectivity index (χ4n) is 2.06. The summed E-state index contributed by atoms with van der Waals surface area (Å²) in [4.78, 5) is 23.3. The fourth-order valence-corrected chi connectivity index (χ4v) is 2.06. The first-order valence-electron chi connectivity index (χ1n) is 6.74. The highest BCUT2D eigenvalue weighted by Gasteiger charge is 2.24. The van der Waals surface area contributed by atoms with E-state index in [1.54, 1.807) is 0 Å². The molecule has 0 saturated carbocycles. The minimum atomic E-state index is -0.881. The molecule has 0 saturated heterocycles. The number of amides is 2. The summed E-state index contributed by atoms with van der Waals surface area (Å²) in [5.41, 5.74) is 10.7. The number of primary amides is 1. The van der Waals surface area contributed by atoms with E-state index in [4.69, 9.17) is 11.5 Å². The highest BCUT2D eigenvalue weighted by Crippen LogP contribution is 2.25. The molecule has 0 fully saturated rings. The van der Waals surface area contributed by atoms with Gasteiger partial charge < -0.3 is 16.8 Å². The summed E-state index contributed by atoms with van der Waals surface area (Å²) < 4.78 is 13.4. The first-order chi connectivity index (χ1) is 9.64. The monoisotopic (exact) mass is 295 g/mol. The highest BCUT2D eigenvalue weighted by atomic mass is 19.1. The van der Waals surface area contributed by atoms with E-state index in [-0.39, 0.29) is 29.3 Å². The Bertz CT molecular complexity index is 538. The number of rotatable bonds is 5. The Labute approximate surface area is 123 Å². The Balaban J connectivity index is 2.87. The number of carbonyl (C=O) groups is 2. The number of hydrogen-bond donors (Lipinski definition) is 3. The maximum atomic E-state index is 13.4. The molecule has 0 aromatic heterocycles. The Kier molecular flexibility index (Phi) is 5.43. The van der Waals surface area contributed by atoms with Crippen LogP contribution in [-0.4, -0.2) is 18.4 Å². The summed E-state index contributed by atoms with van der Waals surface area (Å²) in [5.74, 6) is -2.21. The van der Waals surface area contributed by atoms with Crippen molar-refractivity contribution < 1.29 is 14.0 Å². The zero-order chi connectivity index (χ0) is 16.2. The van der Waals surface area contributed by atoms with Crippen LogP contribution >= 0.6 is 0 Å². The largest absolute Gasteiger partial charge is 0.366 e. The molecule has 1 atom stereocenters. The number of nitrogens with one attached hydrogen (secondary N) is 1. The summed E-state index contributed by atoms with van der Waals surface area (Å²) in [7, 11) is 0. The predicted octanol–water partition coefficient (Wildman–Crippen LogP) is 1.87. The van der Waals surface area contributed by atoms with Crippen LogP contribution in [0.5, 0.6) is 0 Å². The van der Waals surface area contributed by atoms with Gasteiger partial charge in [-0.1, -0.05) is 20.8 Å². The average molecular weight is 295 g/mol. The lowest BCUT2D eigenvalue weighted by atomic mass is 9.84. The van der Waals surface area contributed by atoms with Gasteiger partial charge in [0.2, 0.25) is 5.91 Å². The second-order valence-corrected chi connectivity index (χ2v) is 6.25. The molecule has 21 heavy (non-hydrogen) atoms. The molecule has 0 heterocycles. The lowest BCUT2D eigenvalue weighted by Crippen LogP contribution is -2.32. The quantitative estimate of drug-likeness (QED) is 0.773. The molecular formula is C15H22FN3O2. The topological polar surface area (TPSA) is 98.2 Å². The number of nitrogens with two attached hydrogens (primary N) is 2. The minimum Gasteiger partial charge on any atom is -0.366 e. The smallest absolute Gasteiger partial charge is 0.251 e. The molecule has 5 nitrogen and oxygen atoms in total. The molecule has 5 N–H and O–H groups in total. The van der Waals surface area contributed by atoms with Crippen LogP contribution < -0.4 is 16.8 Å². The third-order valence-electron chi connectivity index (χ3n) is 3.01. The Morgan fingerprint density at radius 3 is 2.43 bits per heavy atom. The van der Waals surface area contributed by atoms with E-state index in [1.165, 1.54) is 12.1 Å². The van der Waals surface area contributed by atoms with Crippen LogP contribution in [0.1, 0.15) is 37.6 Å². The van der Waals surface area contributed by atoms with Gasteiger partial charge in [-0.2, -0.15) is 0 Å². The van der Waals surface area contributed by atoms with Crippen LogP contribution in [0.4, 0.5) is 10.1 Å². The van der Waals surface area contributed by atoms with Gasteiger partial charge in [0, 0.05) is 12.2 Å². The lowest BCUT2D eigenvalue weighted by molar-refractivity contribution is -0.120. The predicted molar refractivity (Wildman–Crippen MR) is 80.2 cm³/mol. The van der Waals surface area contributed by atoms with Crippen LogP contribution in [0.25, 0.3) is 0 Å². The molecular weight excluding hydrogens is 273 g/mol. The van der Waals surface area contributed by atoms with Crippen LogP contribution in [0, 0.1) is 17.2 Å². The van der Waals surface area contributed by atoms with E-state index in [0.717, 1.165) is 6.07 Å². The van der Waals surface area contributed by atoms with E-state index in [9.17, 15) is 14.0 Å². The number of benzene rings is 1. The Hall–Kier alpha value is -1.95. The molecule has 0 aliphatic carbocycles. The standard InChI is InChI=1S/C15H22FN3O2/c1-15(2,3)7-9(8-17)14(21)19-10-4-5-12(16)11(6-10)13(18)20/h4-6,9H,7-8,17H2,1-3H3,(H2,18,20)(H,19,21). The van der Waals surface area contributed by atoms with Crippen molar-refractivity contribution in [2.75, 3.05) is 11.9 Å². The second kappa shape index (κ2) is 6.67. The second-order valence-electron chi connectivity index (χ2n) is 6.25. The van der Waals surface area contributed by atoms with Gasteiger partial charge in [0.25, 0.3) is 5.91 Å². The van der Waals surface area contributed by atoms with Crippen LogP contribution in [0.15, 0.2) is 18.2 Å². The van der Waals surface area contributed by atoms with Gasteiger partial charge in [0.1, 0.15) is 5.82 Å². The van der Waals surface area contributed by atoms with Crippen molar-refractivity contribution in [3.8, 4) is 0 Å². The molecule has 116 valence electrons. The summed E-state index contributed by atoms with van der Waals surface area (Å²) in [6.07, 6.45) is 0.624. The van der Waals surface area contributed by atoms with Gasteiger partial charge in [-0.25, -0.2) is 4.39 Å². The molecule has 1 aromatic rings. The Morgan fingerprint density at radius 1 is 1.33 bits per heavy atom. The van der Waals surface area contributed by atoms with Crippen LogP contribution in [-0.2, 0) is 4.79 Å². The minimum absolute atomic E-state index is 0.0391. The van der Waals surface area contributed by atoms with E-state index in [0.29, 0.717) is 12.1 Å². The van der Waals surface area contributed by atoms with Gasteiger partial charge in [0.15, 0.2) is 0 Å². The molecule has 0 spiro atoms. The SMILES string of the molecule is CC(C)(C)CC(CN)C(=O)Nc1ccc(F)c(C(N)=O)c1. The van der Waals surface area contributed by atoms with Crippen molar-refractivity contribution >= 4 is 17.5 Å². The van der Waals surface area contributed by atoms with Crippen molar-refractivity contribution in [3.05, 3.63) is 29.6 Å². The van der Waals surface area contributed by atoms with E-state index < -0.39 is 11.7 Å². The number of hydrogen-bond acceptors (Lipinski definition) is 3. The van der Waals surface area contributed by atoms with Crippen molar-refractivity contribution in [3.63, 3.8) is 0 Å². The van der Waals surface area contributed by atoms with E-state index in [2.05, 4.69) is 5.32 Å². The molecule has 2 amide bonds. The van der Waals surface area contributed by atoms with Crippen molar-refractivity contribution in [1.82, 2.24) is 0 Å². The number of anilines is 1. The summed E-state index contributed by atoms with van der Waals surface area (Å²) in [6.45, 7) is 6.27. The summed E-state index contributed by atoms with van der Waals surface area (Å²) >= 11 is 0. The van der Waals surface area contributed by atoms with Crippen molar-refractivity contribution in [2.45, 2.75) is 27.2 Å². The first kappa shape index (κ1) is 17.1. The van der Waals surface area contributed by atoms with Gasteiger partial charge in [-0.15, -0.1) is 0 Å². The fraction of sp³-hybridized carbons (Fsp3) is 0.467. The highest BCUT2D eigenvalue weighted by molar-refractivity contribution is 5.97. The number of carbonyl (C=O) groups excluding carboxylic acids is 2. The molecule has 1 rings (SSSR count). The maximum absolute atomic E-state index is 13.4. The van der Waals surface area contributed by atoms with Crippen molar-refractivity contribution in [1.29, 1.82) is 0 Å². The molecule has 1 unspecified atom stereocenters. The van der Waals surface area contributed by atoms with Gasteiger partial charge in [-0.3, -0.25) is 9.59 Å². The van der Waals surface area contributed by atoms with Gasteiger partial charge in [0.05, 0.1) is 11.5 Å². The van der Waals surface area contributed by atoms with Gasteiger partial charge >= 0.3 is 0 Å². The molecule has 0 aliphatic rings. The third kappa shape index (κ3) is 5.15. The van der Waals surface area contributed by atoms with E-state index in [1.807, 2.05) is 20.8 Å². The van der Waals surface area contributed by atoms with Crippen molar-refractivity contribution in [2.24, 2.45) is 22.8 Å². The first-order valence-corrected chi connectivity index (χ1v) is 6.74. The molecule has 1 aromatic carbocycles. The summed E-state index contributed by atoms with van der Waals surface area (Å²) in [5, 5.41) is 2.64. The molecule has 6 heteroatoms.